The quantitative estimate of drug-likeness (QED) is 0.144. The van der Waals surface area contributed by atoms with Crippen molar-refractivity contribution in [2.24, 2.45) is 16.7 Å². The molecule has 2 aromatic rings. The number of aliphatic hydroxyl groups is 4. The SMILES string of the molecule is CC(=O)O[C@@]12CO[C@@H]1C[C@H](O)[C@@]1(C)C(=O)[C@H](O)C3=C(C)[C@@H](OC(=O)[C@H](O)[C@@H](NC(=O)OC(C)(C)C)c4ccc(Cl)cc4)C[C@@](O)([C@@H](OC(=O)c4ccccc4)[C@H]21)C3(C)C. The highest BCUT2D eigenvalue weighted by atomic mass is 35.5. The average molecular weight is 842 g/mol. The number of ketones is 1. The van der Waals surface area contributed by atoms with Crippen molar-refractivity contribution >= 4 is 41.4 Å². The van der Waals surface area contributed by atoms with Crippen LogP contribution < -0.4 is 5.32 Å². The first kappa shape index (κ1) is 44.2. The largest absolute Gasteiger partial charge is 0.456 e. The second kappa shape index (κ2) is 15.6. The second-order valence-electron chi connectivity index (χ2n) is 17.7. The van der Waals surface area contributed by atoms with E-state index in [-0.39, 0.29) is 35.3 Å². The first-order chi connectivity index (χ1) is 27.4. The van der Waals surface area contributed by atoms with Crippen LogP contribution in [0.1, 0.15) is 90.2 Å². The molecule has 1 heterocycles. The van der Waals surface area contributed by atoms with Crippen molar-refractivity contribution in [3.05, 3.63) is 81.9 Å². The highest BCUT2D eigenvalue weighted by molar-refractivity contribution is 6.30. The van der Waals surface area contributed by atoms with Gasteiger partial charge in [-0.3, -0.25) is 9.59 Å². The van der Waals surface area contributed by atoms with E-state index in [0.29, 0.717) is 5.02 Å². The summed E-state index contributed by atoms with van der Waals surface area (Å²) in [7, 11) is 0. The Labute approximate surface area is 346 Å². The van der Waals surface area contributed by atoms with Crippen LogP contribution in [-0.2, 0) is 38.1 Å². The normalized spacial score (nSPS) is 33.3. The molecule has 2 aromatic carbocycles. The van der Waals surface area contributed by atoms with Crippen LogP contribution >= 0.6 is 11.6 Å². The maximum Gasteiger partial charge on any atom is 0.408 e. The van der Waals surface area contributed by atoms with Gasteiger partial charge in [-0.1, -0.05) is 55.8 Å². The summed E-state index contributed by atoms with van der Waals surface area (Å²) in [6.45, 7) is 11.7. The van der Waals surface area contributed by atoms with Crippen LogP contribution in [0, 0.1) is 16.7 Å². The lowest BCUT2D eigenvalue weighted by Gasteiger charge is -2.67. The van der Waals surface area contributed by atoms with E-state index >= 15 is 0 Å². The first-order valence-electron chi connectivity index (χ1n) is 19.4. The number of carbonyl (C=O) groups is 5. The summed E-state index contributed by atoms with van der Waals surface area (Å²) in [5.74, 6) is -5.43. The van der Waals surface area contributed by atoms with Crippen molar-refractivity contribution < 1.29 is 68.1 Å². The third-order valence-electron chi connectivity index (χ3n) is 12.6. The monoisotopic (exact) mass is 841 g/mol. The van der Waals surface area contributed by atoms with Crippen molar-refractivity contribution in [2.45, 2.75) is 128 Å². The number of nitrogens with one attached hydrogen (secondary N) is 1. The van der Waals surface area contributed by atoms with Gasteiger partial charge in [-0.05, 0) is 75.6 Å². The fraction of sp³-hybridized carbons (Fsp3) is 0.558. The molecule has 320 valence electrons. The predicted molar refractivity (Wildman–Crippen MR) is 209 cm³/mol. The van der Waals surface area contributed by atoms with Gasteiger partial charge in [-0.15, -0.1) is 0 Å². The molecule has 2 bridgehead atoms. The van der Waals surface area contributed by atoms with Gasteiger partial charge in [-0.25, -0.2) is 14.4 Å². The maximum absolute atomic E-state index is 15.0. The maximum atomic E-state index is 15.0. The zero-order valence-corrected chi connectivity index (χ0v) is 34.9. The van der Waals surface area contributed by atoms with Gasteiger partial charge in [0.2, 0.25) is 0 Å². The van der Waals surface area contributed by atoms with E-state index in [0.717, 1.165) is 6.92 Å². The number of alkyl carbamates (subject to hydrolysis) is 1. The van der Waals surface area contributed by atoms with Gasteiger partial charge in [0.25, 0.3) is 0 Å². The first-order valence-corrected chi connectivity index (χ1v) is 19.8. The van der Waals surface area contributed by atoms with Gasteiger partial charge < -0.3 is 49.4 Å². The van der Waals surface area contributed by atoms with Crippen molar-refractivity contribution in [3.8, 4) is 0 Å². The van der Waals surface area contributed by atoms with Crippen LogP contribution in [0.3, 0.4) is 0 Å². The number of benzene rings is 2. The molecule has 1 amide bonds. The summed E-state index contributed by atoms with van der Waals surface area (Å²) < 4.78 is 29.5. The summed E-state index contributed by atoms with van der Waals surface area (Å²) in [4.78, 5) is 69.0. The molecule has 16 heteroatoms. The topological polar surface area (TPSA) is 224 Å². The number of aliphatic hydroxyl groups excluding tert-OH is 3. The fourth-order valence-corrected chi connectivity index (χ4v) is 9.70. The molecule has 5 N–H and O–H groups in total. The van der Waals surface area contributed by atoms with Gasteiger partial charge in [0, 0.05) is 30.2 Å². The Morgan fingerprint density at radius 1 is 0.983 bits per heavy atom. The lowest BCUT2D eigenvalue weighted by atomic mass is 9.44. The highest BCUT2D eigenvalue weighted by Crippen LogP contribution is 2.64. The standard InChI is InChI=1S/C43H52ClNO14/c1-21-26(56-37(52)32(49)30(23-14-16-25(44)17-15-23)45-38(53)59-39(3,4)5)19-43(54)35(57-36(51)24-12-10-9-11-13-24)33-41(8,34(50)31(48)29(21)40(43,6)7)27(47)18-28-42(33,20-55-28)58-22(2)46/h9-17,26-28,30-33,35,47-49,54H,18-20H2,1-8H3,(H,45,53)/t26-,27-,28+,30-,31+,32+,33-,35-,41+,42-,43+/m0/s1. The average Bonchev–Trinajstić information content (AvgIpc) is 3.15. The van der Waals surface area contributed by atoms with Crippen molar-refractivity contribution in [1.29, 1.82) is 0 Å². The molecular formula is C43H52ClNO14. The zero-order chi connectivity index (χ0) is 43.6. The molecule has 15 nitrogen and oxygen atoms in total. The number of hydrogen-bond acceptors (Lipinski definition) is 14. The number of amides is 1. The Kier molecular flexibility index (Phi) is 11.7. The second-order valence-corrected chi connectivity index (χ2v) is 18.2. The summed E-state index contributed by atoms with van der Waals surface area (Å²) in [6.07, 6.45) is -11.7. The number of hydrogen-bond donors (Lipinski definition) is 5. The number of ether oxygens (including phenoxy) is 5. The van der Waals surface area contributed by atoms with Crippen molar-refractivity contribution in [1.82, 2.24) is 5.32 Å². The van der Waals surface area contributed by atoms with Crippen LogP contribution in [0.5, 0.6) is 0 Å². The molecular weight excluding hydrogens is 790 g/mol. The molecule has 0 spiro atoms. The van der Waals surface area contributed by atoms with Gasteiger partial charge >= 0.3 is 24.0 Å². The van der Waals surface area contributed by atoms with Gasteiger partial charge in [0.15, 0.2) is 17.5 Å². The van der Waals surface area contributed by atoms with Crippen LogP contribution in [0.25, 0.3) is 0 Å². The molecule has 0 radical (unpaired) electrons. The molecule has 2 saturated carbocycles. The highest BCUT2D eigenvalue weighted by Gasteiger charge is 2.78. The minimum Gasteiger partial charge on any atom is -0.456 e. The number of halogens is 1. The van der Waals surface area contributed by atoms with E-state index in [1.54, 1.807) is 39.0 Å². The van der Waals surface area contributed by atoms with Crippen LogP contribution in [0.15, 0.2) is 65.7 Å². The van der Waals surface area contributed by atoms with Gasteiger partial charge in [0.1, 0.15) is 35.6 Å². The van der Waals surface area contributed by atoms with E-state index < -0.39 is 112 Å². The molecule has 3 aliphatic carbocycles. The Bertz CT molecular complexity index is 2030. The van der Waals surface area contributed by atoms with E-state index in [1.807, 2.05) is 0 Å². The lowest BCUT2D eigenvalue weighted by Crippen LogP contribution is -2.81. The molecule has 0 unspecified atom stereocenters. The summed E-state index contributed by atoms with van der Waals surface area (Å²) in [6, 6.07) is 12.3. The number of esters is 3. The number of carbonyl (C=O) groups excluding carboxylic acids is 5. The number of Topliss-reactive ketones (excluding diaryl/α,β-unsaturated/α-hetero) is 1. The summed E-state index contributed by atoms with van der Waals surface area (Å²) >= 11 is 6.10. The Balaban J connectivity index is 1.49. The molecule has 11 atom stereocenters. The van der Waals surface area contributed by atoms with Gasteiger partial charge in [0.05, 0.1) is 35.6 Å². The molecule has 0 aromatic heterocycles. The molecule has 59 heavy (non-hydrogen) atoms. The minimum atomic E-state index is -2.37. The fourth-order valence-electron chi connectivity index (χ4n) is 9.57. The van der Waals surface area contributed by atoms with E-state index in [9.17, 15) is 44.4 Å². The minimum absolute atomic E-state index is 0.0721. The predicted octanol–water partition coefficient (Wildman–Crippen LogP) is 3.91. The zero-order valence-electron chi connectivity index (χ0n) is 34.2. The molecule has 1 saturated heterocycles. The van der Waals surface area contributed by atoms with E-state index in [1.165, 1.54) is 64.1 Å². The van der Waals surface area contributed by atoms with Crippen molar-refractivity contribution in [2.75, 3.05) is 6.61 Å². The molecule has 4 aliphatic rings. The van der Waals surface area contributed by atoms with E-state index in [4.69, 9.17) is 35.3 Å². The van der Waals surface area contributed by atoms with Crippen LogP contribution in [0.4, 0.5) is 4.79 Å². The number of rotatable bonds is 8. The Morgan fingerprint density at radius 2 is 1.61 bits per heavy atom. The smallest absolute Gasteiger partial charge is 0.408 e. The molecule has 1 aliphatic heterocycles. The van der Waals surface area contributed by atoms with Crippen LogP contribution in [0.2, 0.25) is 5.02 Å². The third kappa shape index (κ3) is 7.54. The summed E-state index contributed by atoms with van der Waals surface area (Å²) in [5.41, 5.74) is -8.33. The lowest BCUT2D eigenvalue weighted by molar-refractivity contribution is -0.346. The Morgan fingerprint density at radius 3 is 2.17 bits per heavy atom. The van der Waals surface area contributed by atoms with Crippen LogP contribution in [-0.4, -0.2) is 110 Å². The summed E-state index contributed by atoms with van der Waals surface area (Å²) in [5, 5.41) is 51.9. The Hall–Kier alpha value is -4.38. The molecule has 3 fully saturated rings. The number of fused-ring (bicyclic) bond motifs is 5. The van der Waals surface area contributed by atoms with Gasteiger partial charge in [-0.2, -0.15) is 0 Å². The molecule has 6 rings (SSSR count). The third-order valence-corrected chi connectivity index (χ3v) is 12.9. The van der Waals surface area contributed by atoms with Crippen molar-refractivity contribution in [3.63, 3.8) is 0 Å². The van der Waals surface area contributed by atoms with E-state index in [2.05, 4.69) is 5.32 Å².